The summed E-state index contributed by atoms with van der Waals surface area (Å²) in [4.78, 5) is 28.8. The summed E-state index contributed by atoms with van der Waals surface area (Å²) in [5.41, 5.74) is 2.64. The largest absolute Gasteiger partial charge is 0.335 e. The Kier molecular flexibility index (Phi) is 6.30. The highest BCUT2D eigenvalue weighted by molar-refractivity contribution is 7.93. The van der Waals surface area contributed by atoms with Crippen LogP contribution in [0.15, 0.2) is 42.5 Å². The van der Waals surface area contributed by atoms with Crippen LogP contribution in [0.2, 0.25) is 5.02 Å². The Hall–Kier alpha value is -2.78. The average molecular weight is 477 g/mol. The van der Waals surface area contributed by atoms with Gasteiger partial charge < -0.3 is 15.1 Å². The lowest BCUT2D eigenvalue weighted by molar-refractivity contribution is 0.0671. The lowest BCUT2D eigenvalue weighted by Crippen LogP contribution is -2.51. The summed E-state index contributed by atoms with van der Waals surface area (Å²) >= 11 is 6.11. The van der Waals surface area contributed by atoms with Crippen molar-refractivity contribution in [2.45, 2.75) is 13.3 Å². The number of amides is 3. The molecule has 0 radical (unpaired) electrons. The molecule has 4 rings (SSSR count). The molecule has 0 unspecified atom stereocenters. The molecule has 0 spiro atoms. The van der Waals surface area contributed by atoms with E-state index in [-0.39, 0.29) is 17.7 Å². The average Bonchev–Trinajstić information content (AvgIpc) is 3.15. The second-order valence-corrected chi connectivity index (χ2v) is 10.4. The summed E-state index contributed by atoms with van der Waals surface area (Å²) in [6, 6.07) is 11.8. The Labute approximate surface area is 192 Å². The monoisotopic (exact) mass is 476 g/mol. The summed E-state index contributed by atoms with van der Waals surface area (Å²) in [6.45, 7) is 4.04. The van der Waals surface area contributed by atoms with Crippen LogP contribution >= 0.6 is 11.6 Å². The molecule has 2 heterocycles. The molecule has 0 saturated carbocycles. The Morgan fingerprint density at radius 1 is 0.938 bits per heavy atom. The van der Waals surface area contributed by atoms with E-state index < -0.39 is 10.0 Å². The summed E-state index contributed by atoms with van der Waals surface area (Å²) < 4.78 is 25.5. The van der Waals surface area contributed by atoms with Gasteiger partial charge in [0.1, 0.15) is 0 Å². The number of urea groups is 1. The van der Waals surface area contributed by atoms with Gasteiger partial charge in [0.25, 0.3) is 5.91 Å². The first-order valence-electron chi connectivity index (χ1n) is 10.5. The molecule has 3 amide bonds. The molecule has 170 valence electrons. The first-order chi connectivity index (χ1) is 15.2. The Morgan fingerprint density at radius 2 is 1.59 bits per heavy atom. The van der Waals surface area contributed by atoms with Crippen molar-refractivity contribution in [3.05, 3.63) is 58.6 Å². The van der Waals surface area contributed by atoms with E-state index in [1.165, 1.54) is 4.31 Å². The number of piperazine rings is 1. The molecule has 2 aliphatic rings. The molecule has 2 aromatic rings. The minimum atomic E-state index is -3.25. The van der Waals surface area contributed by atoms with Gasteiger partial charge in [-0.05, 0) is 55.3 Å². The number of sulfonamides is 1. The topological polar surface area (TPSA) is 90.0 Å². The number of nitrogens with zero attached hydrogens (tertiary/aromatic N) is 3. The van der Waals surface area contributed by atoms with Crippen molar-refractivity contribution in [1.82, 2.24) is 9.80 Å². The van der Waals surface area contributed by atoms with Crippen LogP contribution < -0.4 is 9.62 Å². The van der Waals surface area contributed by atoms with Crippen LogP contribution in [0, 0.1) is 6.92 Å². The molecular weight excluding hydrogens is 452 g/mol. The number of carbonyl (C=O) groups excluding carboxylic acids is 2. The second kappa shape index (κ2) is 8.99. The van der Waals surface area contributed by atoms with E-state index >= 15 is 0 Å². The van der Waals surface area contributed by atoms with Crippen LogP contribution in [0.3, 0.4) is 0 Å². The van der Waals surface area contributed by atoms with Gasteiger partial charge >= 0.3 is 6.03 Å². The summed E-state index contributed by atoms with van der Waals surface area (Å²) in [6.07, 6.45) is 0.609. The number of hydrogen-bond acceptors (Lipinski definition) is 4. The number of aryl methyl sites for hydroxylation is 1. The van der Waals surface area contributed by atoms with Gasteiger partial charge in [-0.15, -0.1) is 0 Å². The van der Waals surface area contributed by atoms with Crippen LogP contribution in [0.5, 0.6) is 0 Å². The van der Waals surface area contributed by atoms with E-state index in [0.29, 0.717) is 61.1 Å². The zero-order valence-corrected chi connectivity index (χ0v) is 19.3. The summed E-state index contributed by atoms with van der Waals surface area (Å²) in [7, 11) is -3.25. The van der Waals surface area contributed by atoms with E-state index in [4.69, 9.17) is 11.6 Å². The van der Waals surface area contributed by atoms with Gasteiger partial charge in [-0.25, -0.2) is 13.2 Å². The highest BCUT2D eigenvalue weighted by Gasteiger charge is 2.29. The van der Waals surface area contributed by atoms with Crippen molar-refractivity contribution in [3.63, 3.8) is 0 Å². The van der Waals surface area contributed by atoms with Crippen LogP contribution in [0.1, 0.15) is 22.3 Å². The molecule has 0 bridgehead atoms. The van der Waals surface area contributed by atoms with Gasteiger partial charge in [-0.2, -0.15) is 0 Å². The predicted molar refractivity (Wildman–Crippen MR) is 125 cm³/mol. The molecule has 2 aromatic carbocycles. The number of anilines is 2. The SMILES string of the molecule is Cc1ccc(NC(=O)N2CCN(C(=O)c3ccc(N4CCCS4(=O)=O)cc3)CC2)cc1Cl. The standard InChI is InChI=1S/C22H25ClN4O4S/c1-16-3-6-18(15-20(16)23)24-22(29)26-12-10-25(11-13-26)21(28)17-4-7-19(8-5-17)27-9-2-14-32(27,30)31/h3-8,15H,2,9-14H2,1H3,(H,24,29). The molecule has 1 N–H and O–H groups in total. The van der Waals surface area contributed by atoms with Gasteiger partial charge in [0.15, 0.2) is 0 Å². The van der Waals surface area contributed by atoms with Crippen LogP contribution in [0.25, 0.3) is 0 Å². The quantitative estimate of drug-likeness (QED) is 0.736. The molecule has 2 fully saturated rings. The molecule has 32 heavy (non-hydrogen) atoms. The maximum absolute atomic E-state index is 12.9. The number of hydrogen-bond donors (Lipinski definition) is 1. The molecule has 0 aromatic heterocycles. The van der Waals surface area contributed by atoms with Crippen molar-refractivity contribution < 1.29 is 18.0 Å². The van der Waals surface area contributed by atoms with Crippen molar-refractivity contribution in [2.75, 3.05) is 48.1 Å². The summed E-state index contributed by atoms with van der Waals surface area (Å²) in [5, 5.41) is 3.43. The lowest BCUT2D eigenvalue weighted by Gasteiger charge is -2.34. The van der Waals surface area contributed by atoms with Crippen molar-refractivity contribution >= 4 is 44.9 Å². The molecular formula is C22H25ClN4O4S. The predicted octanol–water partition coefficient (Wildman–Crippen LogP) is 3.18. The van der Waals surface area contributed by atoms with E-state index in [1.54, 1.807) is 46.2 Å². The first-order valence-corrected chi connectivity index (χ1v) is 12.5. The fourth-order valence-corrected chi connectivity index (χ4v) is 5.61. The maximum atomic E-state index is 12.9. The van der Waals surface area contributed by atoms with Gasteiger partial charge in [0.2, 0.25) is 10.0 Å². The number of benzene rings is 2. The fourth-order valence-electron chi connectivity index (χ4n) is 3.87. The van der Waals surface area contributed by atoms with Crippen molar-refractivity contribution in [2.24, 2.45) is 0 Å². The minimum Gasteiger partial charge on any atom is -0.335 e. The highest BCUT2D eigenvalue weighted by Crippen LogP contribution is 2.25. The Bertz CT molecular complexity index is 1130. The van der Waals surface area contributed by atoms with Crippen LogP contribution in [-0.2, 0) is 10.0 Å². The Balaban J connectivity index is 1.33. The second-order valence-electron chi connectivity index (χ2n) is 7.96. The third-order valence-corrected chi connectivity index (χ3v) is 8.06. The van der Waals surface area contributed by atoms with E-state index in [2.05, 4.69) is 5.32 Å². The van der Waals surface area contributed by atoms with E-state index in [9.17, 15) is 18.0 Å². The number of carbonyl (C=O) groups is 2. The van der Waals surface area contributed by atoms with Crippen LogP contribution in [0.4, 0.5) is 16.2 Å². The zero-order chi connectivity index (χ0) is 22.9. The molecule has 0 atom stereocenters. The van der Waals surface area contributed by atoms with Gasteiger partial charge in [-0.3, -0.25) is 9.10 Å². The van der Waals surface area contributed by atoms with Gasteiger partial charge in [-0.1, -0.05) is 17.7 Å². The number of rotatable bonds is 3. The number of nitrogens with one attached hydrogen (secondary N) is 1. The van der Waals surface area contributed by atoms with Crippen molar-refractivity contribution in [1.29, 1.82) is 0 Å². The molecule has 0 aliphatic carbocycles. The Morgan fingerprint density at radius 3 is 2.19 bits per heavy atom. The molecule has 2 saturated heterocycles. The molecule has 2 aliphatic heterocycles. The van der Waals surface area contributed by atoms with E-state index in [0.717, 1.165) is 5.56 Å². The van der Waals surface area contributed by atoms with Gasteiger partial charge in [0, 0.05) is 49.0 Å². The van der Waals surface area contributed by atoms with Gasteiger partial charge in [0.05, 0.1) is 11.4 Å². The first kappa shape index (κ1) is 22.4. The minimum absolute atomic E-state index is 0.133. The van der Waals surface area contributed by atoms with Crippen molar-refractivity contribution in [3.8, 4) is 0 Å². The maximum Gasteiger partial charge on any atom is 0.321 e. The fraction of sp³-hybridized carbons (Fsp3) is 0.364. The zero-order valence-electron chi connectivity index (χ0n) is 17.8. The normalized spacial score (nSPS) is 18.0. The third kappa shape index (κ3) is 4.68. The highest BCUT2D eigenvalue weighted by atomic mass is 35.5. The van der Waals surface area contributed by atoms with Crippen LogP contribution in [-0.4, -0.2) is 68.6 Å². The number of halogens is 1. The third-order valence-electron chi connectivity index (χ3n) is 5.78. The lowest BCUT2D eigenvalue weighted by atomic mass is 10.1. The molecule has 10 heteroatoms. The van der Waals surface area contributed by atoms with E-state index in [1.807, 2.05) is 13.0 Å². The smallest absolute Gasteiger partial charge is 0.321 e. The molecule has 8 nitrogen and oxygen atoms in total. The summed E-state index contributed by atoms with van der Waals surface area (Å²) in [5.74, 6) is 0.0221.